The minimum absolute atomic E-state index is 0.0588. The summed E-state index contributed by atoms with van der Waals surface area (Å²) in [6, 6.07) is 0. The summed E-state index contributed by atoms with van der Waals surface area (Å²) in [5, 5.41) is 4.77. The maximum atomic E-state index is 13.5. The molecule has 10 heteroatoms. The van der Waals surface area contributed by atoms with E-state index in [1.165, 1.54) is 28.0 Å². The molecule has 0 bridgehead atoms. The van der Waals surface area contributed by atoms with Gasteiger partial charge in [-0.15, -0.1) is 29.3 Å². The van der Waals surface area contributed by atoms with E-state index in [-0.39, 0.29) is 29.8 Å². The lowest BCUT2D eigenvalue weighted by atomic mass is 9.89. The average Bonchev–Trinajstić information content (AvgIpc) is 3.32. The van der Waals surface area contributed by atoms with Crippen LogP contribution in [0.1, 0.15) is 70.8 Å². The number of carbonyl (C=O) groups excluding carboxylic acids is 2. The van der Waals surface area contributed by atoms with Gasteiger partial charge in [-0.1, -0.05) is 31.2 Å². The molecule has 0 unspecified atom stereocenters. The molecule has 7 nitrogen and oxygen atoms in total. The van der Waals surface area contributed by atoms with Gasteiger partial charge in [0.2, 0.25) is 5.91 Å². The van der Waals surface area contributed by atoms with Crippen LogP contribution in [0.25, 0.3) is 10.2 Å². The number of aromatic nitrogens is 2. The Labute approximate surface area is 234 Å². The predicted molar refractivity (Wildman–Crippen MR) is 156 cm³/mol. The van der Waals surface area contributed by atoms with Gasteiger partial charge in [-0.3, -0.25) is 14.2 Å². The Bertz CT molecular complexity index is 1450. The van der Waals surface area contributed by atoms with Gasteiger partial charge in [0, 0.05) is 16.3 Å². The van der Waals surface area contributed by atoms with Crippen LogP contribution in [-0.4, -0.2) is 33.8 Å². The molecule has 2 aliphatic carbocycles. The Hall–Kier alpha value is -2.43. The molecule has 0 radical (unpaired) electrons. The first-order valence-corrected chi connectivity index (χ1v) is 15.9. The largest absolute Gasteiger partial charge is 0.462 e. The third-order valence-electron chi connectivity index (χ3n) is 7.18. The highest BCUT2D eigenvalue weighted by Gasteiger charge is 2.28. The normalized spacial score (nSPS) is 16.9. The number of hydrogen-bond acceptors (Lipinski definition) is 8. The molecule has 0 aliphatic heterocycles. The molecular formula is C28H33N3O4S3. The molecule has 3 aromatic heterocycles. The number of anilines is 1. The molecule has 38 heavy (non-hydrogen) atoms. The van der Waals surface area contributed by atoms with Gasteiger partial charge in [0.1, 0.15) is 9.83 Å². The van der Waals surface area contributed by atoms with Crippen molar-refractivity contribution < 1.29 is 14.3 Å². The Morgan fingerprint density at radius 2 is 2.00 bits per heavy atom. The van der Waals surface area contributed by atoms with Crippen LogP contribution in [-0.2, 0) is 41.8 Å². The van der Waals surface area contributed by atoms with Crippen molar-refractivity contribution in [2.24, 2.45) is 5.92 Å². The number of thiophene rings is 2. The van der Waals surface area contributed by atoms with Gasteiger partial charge in [-0.2, -0.15) is 0 Å². The number of thioether (sulfide) groups is 1. The summed E-state index contributed by atoms with van der Waals surface area (Å²) in [5.74, 6) is 0.0611. The van der Waals surface area contributed by atoms with Gasteiger partial charge in [0.25, 0.3) is 5.56 Å². The molecule has 3 heterocycles. The van der Waals surface area contributed by atoms with Crippen LogP contribution >= 0.6 is 34.4 Å². The van der Waals surface area contributed by atoms with Crippen LogP contribution in [0, 0.1) is 5.92 Å². The lowest BCUT2D eigenvalue weighted by Gasteiger charge is -2.17. The summed E-state index contributed by atoms with van der Waals surface area (Å²) >= 11 is 4.33. The van der Waals surface area contributed by atoms with Crippen LogP contribution in [0.5, 0.6) is 0 Å². The van der Waals surface area contributed by atoms with E-state index < -0.39 is 0 Å². The molecule has 0 aromatic carbocycles. The zero-order valence-corrected chi connectivity index (χ0v) is 24.3. The molecule has 1 atom stereocenters. The smallest absolute Gasteiger partial charge is 0.341 e. The number of aryl methyl sites for hydroxylation is 2. The Kier molecular flexibility index (Phi) is 8.40. The van der Waals surface area contributed by atoms with Gasteiger partial charge in [-0.05, 0) is 68.9 Å². The van der Waals surface area contributed by atoms with E-state index in [2.05, 4.69) is 18.8 Å². The molecule has 0 fully saturated rings. The third kappa shape index (κ3) is 5.35. The number of esters is 1. The monoisotopic (exact) mass is 571 g/mol. The highest BCUT2D eigenvalue weighted by Crippen LogP contribution is 2.39. The zero-order chi connectivity index (χ0) is 26.8. The molecule has 3 aromatic rings. The van der Waals surface area contributed by atoms with Crippen LogP contribution in [0.15, 0.2) is 22.6 Å². The first kappa shape index (κ1) is 27.1. The fourth-order valence-electron chi connectivity index (χ4n) is 5.35. The molecule has 0 saturated heterocycles. The minimum Gasteiger partial charge on any atom is -0.462 e. The van der Waals surface area contributed by atoms with E-state index in [1.54, 1.807) is 28.9 Å². The van der Waals surface area contributed by atoms with E-state index in [4.69, 9.17) is 9.72 Å². The van der Waals surface area contributed by atoms with Crippen LogP contribution in [0.2, 0.25) is 0 Å². The summed E-state index contributed by atoms with van der Waals surface area (Å²) in [6.45, 7) is 8.47. The lowest BCUT2D eigenvalue weighted by Crippen LogP contribution is -2.24. The van der Waals surface area contributed by atoms with Crippen LogP contribution in [0.3, 0.4) is 0 Å². The first-order chi connectivity index (χ1) is 18.4. The molecule has 2 aliphatic rings. The highest BCUT2D eigenvalue weighted by atomic mass is 32.2. The van der Waals surface area contributed by atoms with Gasteiger partial charge < -0.3 is 10.1 Å². The van der Waals surface area contributed by atoms with E-state index in [1.807, 2.05) is 0 Å². The van der Waals surface area contributed by atoms with Crippen molar-refractivity contribution in [3.63, 3.8) is 0 Å². The van der Waals surface area contributed by atoms with Crippen molar-refractivity contribution in [2.45, 2.75) is 76.9 Å². The molecule has 0 spiro atoms. The maximum absolute atomic E-state index is 13.5. The van der Waals surface area contributed by atoms with Crippen LogP contribution in [0.4, 0.5) is 5.00 Å². The predicted octanol–water partition coefficient (Wildman–Crippen LogP) is 6.01. The molecule has 5 rings (SSSR count). The topological polar surface area (TPSA) is 90.3 Å². The fourth-order valence-corrected chi connectivity index (χ4v) is 8.87. The summed E-state index contributed by atoms with van der Waals surface area (Å²) in [7, 11) is 0. The molecule has 202 valence electrons. The van der Waals surface area contributed by atoms with Crippen molar-refractivity contribution in [3.8, 4) is 0 Å². The molecule has 1 amide bonds. The van der Waals surface area contributed by atoms with Crippen molar-refractivity contribution in [1.82, 2.24) is 9.55 Å². The Balaban J connectivity index is 1.39. The van der Waals surface area contributed by atoms with E-state index >= 15 is 0 Å². The fraction of sp³-hybridized carbons (Fsp3) is 0.500. The number of fused-ring (bicyclic) bond motifs is 4. The summed E-state index contributed by atoms with van der Waals surface area (Å²) in [6.07, 6.45) is 9.64. The zero-order valence-electron chi connectivity index (χ0n) is 21.9. The number of nitrogens with one attached hydrogen (secondary N) is 1. The van der Waals surface area contributed by atoms with Gasteiger partial charge in [0.05, 0.1) is 23.3 Å². The van der Waals surface area contributed by atoms with Crippen molar-refractivity contribution in [2.75, 3.05) is 17.7 Å². The average molecular weight is 572 g/mol. The number of amides is 1. The van der Waals surface area contributed by atoms with Crippen molar-refractivity contribution in [3.05, 3.63) is 49.5 Å². The Morgan fingerprint density at radius 3 is 2.79 bits per heavy atom. The SMILES string of the molecule is C=CCn1c(SCC(=O)Nc2sc3c(c2C(=O)OCC)CCCCC3)nc2sc3c(c2c1=O)CC[C@@H](C)C3. The van der Waals surface area contributed by atoms with Crippen LogP contribution < -0.4 is 10.9 Å². The molecular weight excluding hydrogens is 539 g/mol. The Morgan fingerprint density at radius 1 is 1.18 bits per heavy atom. The molecule has 0 saturated carbocycles. The quantitative estimate of drug-likeness (QED) is 0.117. The lowest BCUT2D eigenvalue weighted by molar-refractivity contribution is -0.113. The highest BCUT2D eigenvalue weighted by molar-refractivity contribution is 7.99. The summed E-state index contributed by atoms with van der Waals surface area (Å²) < 4.78 is 6.96. The number of carbonyl (C=O) groups is 2. The van der Waals surface area contributed by atoms with E-state index in [0.29, 0.717) is 28.2 Å². The second-order valence-corrected chi connectivity index (χ2v) is 13.1. The maximum Gasteiger partial charge on any atom is 0.341 e. The first-order valence-electron chi connectivity index (χ1n) is 13.3. The van der Waals surface area contributed by atoms with Gasteiger partial charge in [-0.25, -0.2) is 9.78 Å². The van der Waals surface area contributed by atoms with Crippen molar-refractivity contribution in [1.29, 1.82) is 0 Å². The molecule has 1 N–H and O–H groups in total. The van der Waals surface area contributed by atoms with E-state index in [0.717, 1.165) is 77.6 Å². The standard InChI is InChI=1S/C28H33N3O4S3/c1-4-13-31-26(33)22-18-12-11-16(3)14-20(18)38-24(22)30-28(31)36-15-21(32)29-25-23(27(34)35-5-2)17-9-7-6-8-10-19(17)37-25/h4,16H,1,5-15H2,2-3H3,(H,29,32)/t16-/m1/s1. The summed E-state index contributed by atoms with van der Waals surface area (Å²) in [5.41, 5.74) is 2.62. The van der Waals surface area contributed by atoms with Gasteiger partial charge in [0.15, 0.2) is 5.16 Å². The number of hydrogen-bond donors (Lipinski definition) is 1. The summed E-state index contributed by atoms with van der Waals surface area (Å²) in [4.78, 5) is 47.5. The minimum atomic E-state index is -0.377. The van der Waals surface area contributed by atoms with Gasteiger partial charge >= 0.3 is 5.97 Å². The number of ether oxygens (including phenoxy) is 1. The van der Waals surface area contributed by atoms with E-state index in [9.17, 15) is 14.4 Å². The van der Waals surface area contributed by atoms with Crippen molar-refractivity contribution >= 4 is 61.5 Å². The number of allylic oxidation sites excluding steroid dienone is 1. The number of nitrogens with zero attached hydrogens (tertiary/aromatic N) is 2. The second-order valence-electron chi connectivity index (χ2n) is 9.96. The second kappa shape index (κ2) is 11.8. The third-order valence-corrected chi connectivity index (χ3v) is 10.5. The number of rotatable bonds is 8.